The quantitative estimate of drug-likeness (QED) is 0.814. The van der Waals surface area contributed by atoms with E-state index < -0.39 is 40.4 Å². The number of nitrogens with zero attached hydrogens (tertiary/aromatic N) is 2. The zero-order valence-electron chi connectivity index (χ0n) is 11.4. The Labute approximate surface area is 120 Å². The lowest BCUT2D eigenvalue weighted by Gasteiger charge is -2.14. The van der Waals surface area contributed by atoms with Gasteiger partial charge in [0, 0.05) is 19.2 Å². The third kappa shape index (κ3) is 2.49. The second kappa shape index (κ2) is 5.00. The molecule has 1 aromatic heterocycles. The van der Waals surface area contributed by atoms with Gasteiger partial charge >= 0.3 is 11.9 Å². The Bertz CT molecular complexity index is 865. The van der Waals surface area contributed by atoms with E-state index in [0.717, 1.165) is 19.2 Å². The van der Waals surface area contributed by atoms with Crippen molar-refractivity contribution in [2.75, 3.05) is 0 Å². The molecule has 2 aromatic rings. The third-order valence-corrected chi connectivity index (χ3v) is 3.12. The summed E-state index contributed by atoms with van der Waals surface area (Å²) in [4.78, 5) is 23.8. The average Bonchev–Trinajstić information content (AvgIpc) is 2.38. The predicted molar refractivity (Wildman–Crippen MR) is 68.6 cm³/mol. The molecule has 0 amide bonds. The summed E-state index contributed by atoms with van der Waals surface area (Å²) in [5.74, 6) is -1.42. The molecule has 0 aliphatic carbocycles. The Kier molecular flexibility index (Phi) is 3.59. The molecule has 0 fully saturated rings. The minimum absolute atomic E-state index is 0.151. The van der Waals surface area contributed by atoms with E-state index in [0.29, 0.717) is 0 Å². The van der Waals surface area contributed by atoms with Gasteiger partial charge in [-0.3, -0.25) is 9.36 Å². The van der Waals surface area contributed by atoms with Crippen LogP contribution in [-0.2, 0) is 13.2 Å². The average molecular weight is 318 g/mol. The van der Waals surface area contributed by atoms with Gasteiger partial charge in [-0.1, -0.05) is 0 Å². The first kappa shape index (κ1) is 15.8. The number of aromatic nitrogens is 2. The van der Waals surface area contributed by atoms with Gasteiger partial charge in [0.25, 0.3) is 5.56 Å². The van der Waals surface area contributed by atoms with Crippen LogP contribution < -0.4 is 11.2 Å². The number of benzene rings is 1. The molecular formula is C13H10F4N2O3. The molecule has 0 atom stereocenters. The molecule has 1 aromatic carbocycles. The summed E-state index contributed by atoms with van der Waals surface area (Å²) in [6, 6.07) is 1.87. The summed E-state index contributed by atoms with van der Waals surface area (Å²) in [6.45, 7) is 1.38. The van der Waals surface area contributed by atoms with Gasteiger partial charge in [0.1, 0.15) is 17.3 Å². The van der Waals surface area contributed by atoms with Crippen LogP contribution in [0.4, 0.5) is 17.6 Å². The first-order valence-electron chi connectivity index (χ1n) is 5.94. The molecule has 1 N–H and O–H groups in total. The highest BCUT2D eigenvalue weighted by Crippen LogP contribution is 2.27. The fraction of sp³-hybridized carbons (Fsp3) is 0.231. The lowest BCUT2D eigenvalue weighted by atomic mass is 10.2. The molecule has 0 saturated carbocycles. The number of phenolic OH excluding ortho intramolecular Hbond substituents is 1. The van der Waals surface area contributed by atoms with Crippen LogP contribution in [0.3, 0.4) is 0 Å². The van der Waals surface area contributed by atoms with Crippen LogP contribution in [0.5, 0.6) is 5.75 Å². The lowest BCUT2D eigenvalue weighted by molar-refractivity contribution is -0.144. The Hall–Kier alpha value is -2.58. The number of halogens is 4. The summed E-state index contributed by atoms with van der Waals surface area (Å²) < 4.78 is 52.5. The van der Waals surface area contributed by atoms with E-state index in [4.69, 9.17) is 0 Å². The summed E-state index contributed by atoms with van der Waals surface area (Å²) >= 11 is 0. The van der Waals surface area contributed by atoms with Crippen molar-refractivity contribution in [2.24, 2.45) is 7.05 Å². The number of alkyl halides is 3. The second-order valence-electron chi connectivity index (χ2n) is 4.63. The van der Waals surface area contributed by atoms with Gasteiger partial charge in [0.05, 0.1) is 5.69 Å². The number of rotatable bonds is 1. The Balaban J connectivity index is 2.85. The van der Waals surface area contributed by atoms with Gasteiger partial charge in [-0.05, 0) is 18.6 Å². The van der Waals surface area contributed by atoms with E-state index in [1.807, 2.05) is 0 Å². The standard InChI is InChI=1S/C13H10F4N2O3/c1-6-3-7(14)8(4-9(6)20)19-11(21)5-10(13(15,16)17)18(2)12(19)22/h3-5,20H,1-2H3. The zero-order chi connectivity index (χ0) is 16.8. The summed E-state index contributed by atoms with van der Waals surface area (Å²) in [7, 11) is 0.813. The minimum atomic E-state index is -4.90. The monoisotopic (exact) mass is 318 g/mol. The number of hydrogen-bond donors (Lipinski definition) is 1. The molecule has 0 aliphatic heterocycles. The van der Waals surface area contributed by atoms with Crippen LogP contribution in [0.15, 0.2) is 27.8 Å². The first-order chi connectivity index (χ1) is 10.0. The van der Waals surface area contributed by atoms with Crippen molar-refractivity contribution in [1.29, 1.82) is 0 Å². The normalized spacial score (nSPS) is 11.7. The fourth-order valence-electron chi connectivity index (χ4n) is 1.94. The van der Waals surface area contributed by atoms with E-state index in [9.17, 15) is 32.3 Å². The van der Waals surface area contributed by atoms with E-state index in [-0.39, 0.29) is 20.8 Å². The van der Waals surface area contributed by atoms with Crippen molar-refractivity contribution >= 4 is 0 Å². The van der Waals surface area contributed by atoms with Gasteiger partial charge in [-0.25, -0.2) is 13.8 Å². The predicted octanol–water partition coefficient (Wildman–Crippen LogP) is 1.71. The van der Waals surface area contributed by atoms with Crippen molar-refractivity contribution in [3.63, 3.8) is 0 Å². The molecule has 22 heavy (non-hydrogen) atoms. The largest absolute Gasteiger partial charge is 0.508 e. The topological polar surface area (TPSA) is 64.2 Å². The molecule has 1 heterocycles. The Morgan fingerprint density at radius 3 is 2.27 bits per heavy atom. The lowest BCUT2D eigenvalue weighted by Crippen LogP contribution is -2.41. The molecule has 0 spiro atoms. The van der Waals surface area contributed by atoms with Gasteiger partial charge in [0.15, 0.2) is 0 Å². The maximum absolute atomic E-state index is 13.9. The number of hydrogen-bond acceptors (Lipinski definition) is 3. The summed E-state index contributed by atoms with van der Waals surface area (Å²) in [6.07, 6.45) is -4.90. The molecular weight excluding hydrogens is 308 g/mol. The van der Waals surface area contributed by atoms with E-state index >= 15 is 0 Å². The SMILES string of the molecule is Cc1cc(F)c(-n2c(=O)cc(C(F)(F)F)n(C)c2=O)cc1O. The summed E-state index contributed by atoms with van der Waals surface area (Å²) in [5, 5.41) is 9.55. The molecule has 0 aliphatic rings. The van der Waals surface area contributed by atoms with Crippen LogP contribution in [0.25, 0.3) is 5.69 Å². The fourth-order valence-corrected chi connectivity index (χ4v) is 1.94. The van der Waals surface area contributed by atoms with Crippen LogP contribution >= 0.6 is 0 Å². The smallest absolute Gasteiger partial charge is 0.431 e. The molecule has 9 heteroatoms. The molecule has 0 unspecified atom stereocenters. The minimum Gasteiger partial charge on any atom is -0.508 e. The molecule has 2 rings (SSSR count). The highest BCUT2D eigenvalue weighted by molar-refractivity contribution is 5.44. The van der Waals surface area contributed by atoms with E-state index in [2.05, 4.69) is 0 Å². The molecule has 0 radical (unpaired) electrons. The number of aryl methyl sites for hydroxylation is 1. The highest BCUT2D eigenvalue weighted by atomic mass is 19.4. The summed E-state index contributed by atoms with van der Waals surface area (Å²) in [5.41, 5.74) is -4.64. The Morgan fingerprint density at radius 1 is 1.14 bits per heavy atom. The van der Waals surface area contributed by atoms with Gasteiger partial charge in [-0.2, -0.15) is 13.2 Å². The van der Waals surface area contributed by atoms with E-state index in [1.165, 1.54) is 6.92 Å². The maximum atomic E-state index is 13.9. The first-order valence-corrected chi connectivity index (χ1v) is 5.94. The van der Waals surface area contributed by atoms with Crippen molar-refractivity contribution < 1.29 is 22.7 Å². The molecule has 0 bridgehead atoms. The molecule has 118 valence electrons. The van der Waals surface area contributed by atoms with Crippen LogP contribution in [0.1, 0.15) is 11.3 Å². The van der Waals surface area contributed by atoms with Crippen LogP contribution in [0.2, 0.25) is 0 Å². The molecule has 0 saturated heterocycles. The highest BCUT2D eigenvalue weighted by Gasteiger charge is 2.35. The van der Waals surface area contributed by atoms with Crippen molar-refractivity contribution in [3.05, 3.63) is 56.1 Å². The van der Waals surface area contributed by atoms with Crippen molar-refractivity contribution in [3.8, 4) is 11.4 Å². The zero-order valence-corrected chi connectivity index (χ0v) is 11.4. The van der Waals surface area contributed by atoms with Crippen LogP contribution in [0, 0.1) is 12.7 Å². The second-order valence-corrected chi connectivity index (χ2v) is 4.63. The van der Waals surface area contributed by atoms with Gasteiger partial charge < -0.3 is 5.11 Å². The molecule has 5 nitrogen and oxygen atoms in total. The van der Waals surface area contributed by atoms with Gasteiger partial charge in [0.2, 0.25) is 0 Å². The van der Waals surface area contributed by atoms with Gasteiger partial charge in [-0.15, -0.1) is 0 Å². The number of phenols is 1. The third-order valence-electron chi connectivity index (χ3n) is 3.12. The van der Waals surface area contributed by atoms with Crippen molar-refractivity contribution in [1.82, 2.24) is 9.13 Å². The van der Waals surface area contributed by atoms with E-state index in [1.54, 1.807) is 0 Å². The number of aromatic hydroxyl groups is 1. The Morgan fingerprint density at radius 2 is 1.73 bits per heavy atom. The van der Waals surface area contributed by atoms with Crippen LogP contribution in [-0.4, -0.2) is 14.2 Å². The maximum Gasteiger partial charge on any atom is 0.431 e. The van der Waals surface area contributed by atoms with Crippen molar-refractivity contribution in [2.45, 2.75) is 13.1 Å².